The standard InChI is InChI=1S/C18H14F2N4/c1-17(19,20)16-23-9-15-22-8-13(10-24(15)16)12-2-4-14(5-3-12)18(11-21)6-7-18/h2-5,8-10H,6-7H2,1H3. The first-order valence-corrected chi connectivity index (χ1v) is 7.67. The summed E-state index contributed by atoms with van der Waals surface area (Å²) >= 11 is 0. The Kier molecular flexibility index (Phi) is 2.98. The summed E-state index contributed by atoms with van der Waals surface area (Å²) in [7, 11) is 0. The molecule has 120 valence electrons. The number of aromatic nitrogens is 3. The molecule has 0 unspecified atom stereocenters. The average molecular weight is 324 g/mol. The molecular formula is C18H14F2N4. The van der Waals surface area contributed by atoms with Gasteiger partial charge in [-0.1, -0.05) is 24.3 Å². The smallest absolute Gasteiger partial charge is 0.282 e. The Labute approximate surface area is 137 Å². The van der Waals surface area contributed by atoms with E-state index in [9.17, 15) is 14.0 Å². The van der Waals surface area contributed by atoms with Crippen LogP contribution in [0, 0.1) is 11.3 Å². The van der Waals surface area contributed by atoms with E-state index in [1.807, 2.05) is 24.3 Å². The van der Waals surface area contributed by atoms with Crippen LogP contribution in [0.25, 0.3) is 16.8 Å². The fraction of sp³-hybridized carbons (Fsp3) is 0.278. The molecule has 1 aliphatic carbocycles. The molecule has 1 saturated carbocycles. The van der Waals surface area contributed by atoms with Gasteiger partial charge in [0.15, 0.2) is 11.5 Å². The number of hydrogen-bond donors (Lipinski definition) is 0. The van der Waals surface area contributed by atoms with Crippen LogP contribution in [-0.4, -0.2) is 14.4 Å². The highest BCUT2D eigenvalue weighted by Gasteiger charge is 2.44. The Hall–Kier alpha value is -2.81. The number of rotatable bonds is 3. The van der Waals surface area contributed by atoms with Crippen LogP contribution in [-0.2, 0) is 11.3 Å². The number of fused-ring (bicyclic) bond motifs is 1. The lowest BCUT2D eigenvalue weighted by atomic mass is 9.95. The molecule has 0 spiro atoms. The van der Waals surface area contributed by atoms with E-state index in [0.717, 1.165) is 36.5 Å². The summed E-state index contributed by atoms with van der Waals surface area (Å²) < 4.78 is 28.6. The molecule has 24 heavy (non-hydrogen) atoms. The normalized spacial score (nSPS) is 16.1. The van der Waals surface area contributed by atoms with E-state index in [1.165, 1.54) is 10.6 Å². The maximum atomic E-state index is 13.6. The third-order valence-electron chi connectivity index (χ3n) is 4.51. The van der Waals surface area contributed by atoms with Gasteiger partial charge in [0.25, 0.3) is 0 Å². The summed E-state index contributed by atoms with van der Waals surface area (Å²) in [5.74, 6) is -3.37. The second-order valence-corrected chi connectivity index (χ2v) is 6.31. The topological polar surface area (TPSA) is 54.0 Å². The van der Waals surface area contributed by atoms with Gasteiger partial charge in [0.2, 0.25) is 0 Å². The second kappa shape index (κ2) is 4.84. The van der Waals surface area contributed by atoms with E-state index in [-0.39, 0.29) is 11.2 Å². The van der Waals surface area contributed by atoms with Crippen LogP contribution < -0.4 is 0 Å². The Balaban J connectivity index is 1.75. The lowest BCUT2D eigenvalue weighted by Gasteiger charge is -2.11. The predicted molar refractivity (Wildman–Crippen MR) is 84.5 cm³/mol. The van der Waals surface area contributed by atoms with Crippen LogP contribution >= 0.6 is 0 Å². The SMILES string of the molecule is CC(F)(F)c1ncc2ncc(-c3ccc(C4(C#N)CC4)cc3)cn12. The minimum absolute atomic E-state index is 0.329. The summed E-state index contributed by atoms with van der Waals surface area (Å²) in [6.45, 7) is 0.820. The highest BCUT2D eigenvalue weighted by atomic mass is 19.3. The molecule has 3 aromatic rings. The molecule has 6 heteroatoms. The van der Waals surface area contributed by atoms with E-state index in [2.05, 4.69) is 16.0 Å². The number of alkyl halides is 2. The van der Waals surface area contributed by atoms with Gasteiger partial charge in [-0.2, -0.15) is 14.0 Å². The number of nitrogens with zero attached hydrogens (tertiary/aromatic N) is 4. The number of halogens is 2. The van der Waals surface area contributed by atoms with Crippen molar-refractivity contribution in [3.05, 3.63) is 54.2 Å². The van der Waals surface area contributed by atoms with Crippen LogP contribution in [0.4, 0.5) is 8.78 Å². The van der Waals surface area contributed by atoms with Gasteiger partial charge in [-0.05, 0) is 24.0 Å². The predicted octanol–water partition coefficient (Wildman–Crippen LogP) is 4.06. The maximum Gasteiger partial charge on any atom is 0.302 e. The highest BCUT2D eigenvalue weighted by molar-refractivity contribution is 5.64. The molecule has 0 atom stereocenters. The van der Waals surface area contributed by atoms with Gasteiger partial charge in [0.05, 0.1) is 17.7 Å². The molecule has 0 aliphatic heterocycles. The van der Waals surface area contributed by atoms with Crippen molar-refractivity contribution in [2.75, 3.05) is 0 Å². The summed E-state index contributed by atoms with van der Waals surface area (Å²) in [5.41, 5.74) is 2.64. The van der Waals surface area contributed by atoms with Gasteiger partial charge in [-0.25, -0.2) is 9.97 Å². The van der Waals surface area contributed by atoms with Crippen molar-refractivity contribution in [3.63, 3.8) is 0 Å². The first-order valence-electron chi connectivity index (χ1n) is 7.67. The Morgan fingerprint density at radius 2 is 1.83 bits per heavy atom. The Morgan fingerprint density at radius 3 is 2.42 bits per heavy atom. The fourth-order valence-electron chi connectivity index (χ4n) is 2.93. The van der Waals surface area contributed by atoms with Crippen LogP contribution in [0.2, 0.25) is 0 Å². The van der Waals surface area contributed by atoms with Crippen molar-refractivity contribution in [1.82, 2.24) is 14.4 Å². The van der Waals surface area contributed by atoms with Crippen molar-refractivity contribution >= 4 is 5.65 Å². The zero-order chi connectivity index (χ0) is 16.9. The lowest BCUT2D eigenvalue weighted by molar-refractivity contribution is 0.00717. The molecule has 0 N–H and O–H groups in total. The molecule has 1 fully saturated rings. The monoisotopic (exact) mass is 324 g/mol. The Bertz CT molecular complexity index is 957. The van der Waals surface area contributed by atoms with Crippen LogP contribution in [0.5, 0.6) is 0 Å². The van der Waals surface area contributed by atoms with Crippen molar-refractivity contribution in [1.29, 1.82) is 5.26 Å². The molecule has 0 radical (unpaired) electrons. The van der Waals surface area contributed by atoms with Crippen LogP contribution in [0.1, 0.15) is 31.2 Å². The lowest BCUT2D eigenvalue weighted by Crippen LogP contribution is -2.12. The molecule has 4 rings (SSSR count). The molecule has 1 aromatic carbocycles. The molecular weight excluding hydrogens is 310 g/mol. The zero-order valence-electron chi connectivity index (χ0n) is 13.0. The van der Waals surface area contributed by atoms with Crippen molar-refractivity contribution < 1.29 is 8.78 Å². The van der Waals surface area contributed by atoms with Gasteiger partial charge < -0.3 is 0 Å². The highest BCUT2D eigenvalue weighted by Crippen LogP contribution is 2.47. The van der Waals surface area contributed by atoms with Crippen molar-refractivity contribution in [2.24, 2.45) is 0 Å². The summed E-state index contributed by atoms with van der Waals surface area (Å²) in [6.07, 6.45) is 6.37. The molecule has 4 nitrogen and oxygen atoms in total. The van der Waals surface area contributed by atoms with Gasteiger partial charge in [0.1, 0.15) is 0 Å². The number of imidazole rings is 1. The van der Waals surface area contributed by atoms with Gasteiger partial charge in [-0.15, -0.1) is 0 Å². The summed E-state index contributed by atoms with van der Waals surface area (Å²) in [4.78, 5) is 7.99. The third-order valence-corrected chi connectivity index (χ3v) is 4.51. The first kappa shape index (κ1) is 14.8. The molecule has 2 aromatic heterocycles. The van der Waals surface area contributed by atoms with Gasteiger partial charge >= 0.3 is 5.92 Å². The minimum Gasteiger partial charge on any atom is -0.282 e. The molecule has 1 aliphatic rings. The van der Waals surface area contributed by atoms with E-state index < -0.39 is 5.92 Å². The molecule has 0 bridgehead atoms. The van der Waals surface area contributed by atoms with E-state index in [0.29, 0.717) is 5.65 Å². The minimum atomic E-state index is -3.04. The average Bonchev–Trinajstić information content (AvgIpc) is 3.25. The van der Waals surface area contributed by atoms with E-state index >= 15 is 0 Å². The molecule has 2 heterocycles. The van der Waals surface area contributed by atoms with Gasteiger partial charge in [-0.3, -0.25) is 4.40 Å². The number of hydrogen-bond acceptors (Lipinski definition) is 3. The van der Waals surface area contributed by atoms with Crippen molar-refractivity contribution in [2.45, 2.75) is 31.1 Å². The van der Waals surface area contributed by atoms with Gasteiger partial charge in [0, 0.05) is 24.9 Å². The Morgan fingerprint density at radius 1 is 1.12 bits per heavy atom. The van der Waals surface area contributed by atoms with E-state index in [4.69, 9.17) is 0 Å². The van der Waals surface area contributed by atoms with E-state index in [1.54, 1.807) is 12.4 Å². The van der Waals surface area contributed by atoms with Crippen LogP contribution in [0.15, 0.2) is 42.9 Å². The van der Waals surface area contributed by atoms with Crippen LogP contribution in [0.3, 0.4) is 0 Å². The molecule has 0 saturated heterocycles. The second-order valence-electron chi connectivity index (χ2n) is 6.31. The molecule has 0 amide bonds. The first-order chi connectivity index (χ1) is 11.4. The number of nitriles is 1. The maximum absolute atomic E-state index is 13.6. The summed E-state index contributed by atoms with van der Waals surface area (Å²) in [5, 5.41) is 9.26. The third kappa shape index (κ3) is 2.24. The number of benzene rings is 1. The quantitative estimate of drug-likeness (QED) is 0.730. The van der Waals surface area contributed by atoms with Crippen molar-refractivity contribution in [3.8, 4) is 17.2 Å². The zero-order valence-corrected chi connectivity index (χ0v) is 13.0. The largest absolute Gasteiger partial charge is 0.302 e. The summed E-state index contributed by atoms with van der Waals surface area (Å²) in [6, 6.07) is 10.0. The fourth-order valence-corrected chi connectivity index (χ4v) is 2.93.